The molecule has 21 heavy (non-hydrogen) atoms. The first kappa shape index (κ1) is 14.3. The van der Waals surface area contributed by atoms with Gasteiger partial charge in [0.1, 0.15) is 0 Å². The lowest BCUT2D eigenvalue weighted by molar-refractivity contribution is 0.101. The molecule has 1 aromatic heterocycles. The van der Waals surface area contributed by atoms with E-state index in [0.29, 0.717) is 0 Å². The van der Waals surface area contributed by atoms with E-state index >= 15 is 0 Å². The molecule has 0 spiro atoms. The average molecular weight is 345 g/mol. The number of carbonyl (C=O) groups is 1. The fourth-order valence-electron chi connectivity index (χ4n) is 2.75. The number of fused-ring (bicyclic) bond motifs is 1. The molecule has 0 bridgehead atoms. The van der Waals surface area contributed by atoms with Crippen molar-refractivity contribution in [2.24, 2.45) is 0 Å². The SMILES string of the molecule is CC(=O)c1ccc2c(c1)CCCN2Cc1ccc(Br)cn1. The standard InChI is InChI=1S/C17H17BrN2O/c1-12(21)13-4-7-17-14(9-13)3-2-8-20(17)11-16-6-5-15(18)10-19-16/h4-7,9-10H,2-3,8,11H2,1H3. The third kappa shape index (κ3) is 3.16. The smallest absolute Gasteiger partial charge is 0.159 e. The van der Waals surface area contributed by atoms with Gasteiger partial charge in [-0.25, -0.2) is 0 Å². The summed E-state index contributed by atoms with van der Waals surface area (Å²) >= 11 is 3.41. The molecule has 2 heterocycles. The van der Waals surface area contributed by atoms with Gasteiger partial charge >= 0.3 is 0 Å². The number of nitrogens with zero attached hydrogens (tertiary/aromatic N) is 2. The molecule has 1 aliphatic heterocycles. The summed E-state index contributed by atoms with van der Waals surface area (Å²) in [6, 6.07) is 10.1. The minimum atomic E-state index is 0.129. The van der Waals surface area contributed by atoms with E-state index < -0.39 is 0 Å². The number of carbonyl (C=O) groups excluding carboxylic acids is 1. The maximum absolute atomic E-state index is 11.5. The van der Waals surface area contributed by atoms with E-state index in [0.717, 1.165) is 41.7 Å². The highest BCUT2D eigenvalue weighted by Gasteiger charge is 2.18. The van der Waals surface area contributed by atoms with Crippen LogP contribution >= 0.6 is 15.9 Å². The molecule has 108 valence electrons. The Labute approximate surface area is 133 Å². The Hall–Kier alpha value is -1.68. The number of hydrogen-bond acceptors (Lipinski definition) is 3. The minimum Gasteiger partial charge on any atom is -0.365 e. The molecule has 0 saturated carbocycles. The van der Waals surface area contributed by atoms with Gasteiger partial charge in [-0.2, -0.15) is 0 Å². The van der Waals surface area contributed by atoms with Crippen LogP contribution in [0.3, 0.4) is 0 Å². The van der Waals surface area contributed by atoms with E-state index in [2.05, 4.69) is 31.9 Å². The summed E-state index contributed by atoms with van der Waals surface area (Å²) in [6.07, 6.45) is 3.99. The number of ketones is 1. The van der Waals surface area contributed by atoms with Crippen LogP contribution in [0.4, 0.5) is 5.69 Å². The number of aromatic nitrogens is 1. The second-order valence-electron chi connectivity index (χ2n) is 5.39. The van der Waals surface area contributed by atoms with Crippen molar-refractivity contribution in [1.29, 1.82) is 0 Å². The van der Waals surface area contributed by atoms with Gasteiger partial charge < -0.3 is 4.90 Å². The minimum absolute atomic E-state index is 0.129. The van der Waals surface area contributed by atoms with Crippen molar-refractivity contribution in [1.82, 2.24) is 4.98 Å². The highest BCUT2D eigenvalue weighted by molar-refractivity contribution is 9.10. The van der Waals surface area contributed by atoms with Crippen LogP contribution < -0.4 is 4.90 Å². The van der Waals surface area contributed by atoms with Crippen LogP contribution in [0.1, 0.15) is 35.0 Å². The van der Waals surface area contributed by atoms with Crippen LogP contribution in [0.5, 0.6) is 0 Å². The number of hydrogen-bond donors (Lipinski definition) is 0. The Morgan fingerprint density at radius 2 is 2.19 bits per heavy atom. The van der Waals surface area contributed by atoms with E-state index in [4.69, 9.17) is 0 Å². The number of pyridine rings is 1. The Kier molecular flexibility index (Phi) is 4.06. The topological polar surface area (TPSA) is 33.2 Å². The summed E-state index contributed by atoms with van der Waals surface area (Å²) in [7, 11) is 0. The Balaban J connectivity index is 1.86. The molecule has 2 aromatic rings. The first-order valence-corrected chi connectivity index (χ1v) is 7.92. The fourth-order valence-corrected chi connectivity index (χ4v) is 2.99. The second-order valence-corrected chi connectivity index (χ2v) is 6.31. The van der Waals surface area contributed by atoms with E-state index in [9.17, 15) is 4.79 Å². The van der Waals surface area contributed by atoms with Crippen LogP contribution in [-0.4, -0.2) is 17.3 Å². The molecule has 0 N–H and O–H groups in total. The highest BCUT2D eigenvalue weighted by Crippen LogP contribution is 2.29. The molecule has 3 rings (SSSR count). The molecule has 0 radical (unpaired) electrons. The van der Waals surface area contributed by atoms with Gasteiger partial charge in [0.05, 0.1) is 12.2 Å². The zero-order chi connectivity index (χ0) is 14.8. The zero-order valence-corrected chi connectivity index (χ0v) is 13.6. The van der Waals surface area contributed by atoms with Gasteiger partial charge in [0, 0.05) is 28.5 Å². The van der Waals surface area contributed by atoms with Gasteiger partial charge in [-0.1, -0.05) is 0 Å². The summed E-state index contributed by atoms with van der Waals surface area (Å²) in [5.74, 6) is 0.129. The van der Waals surface area contributed by atoms with E-state index in [-0.39, 0.29) is 5.78 Å². The number of aryl methyl sites for hydroxylation is 1. The Morgan fingerprint density at radius 3 is 2.90 bits per heavy atom. The summed E-state index contributed by atoms with van der Waals surface area (Å²) in [5, 5.41) is 0. The van der Waals surface area contributed by atoms with Crippen LogP contribution in [0.15, 0.2) is 41.0 Å². The zero-order valence-electron chi connectivity index (χ0n) is 12.0. The predicted octanol–water partition coefficient (Wildman–Crippen LogP) is 4.00. The third-order valence-electron chi connectivity index (χ3n) is 3.84. The Morgan fingerprint density at radius 1 is 1.33 bits per heavy atom. The second kappa shape index (κ2) is 5.98. The maximum Gasteiger partial charge on any atom is 0.159 e. The molecule has 0 atom stereocenters. The normalized spacial score (nSPS) is 13.9. The van der Waals surface area contributed by atoms with Gasteiger partial charge in [-0.3, -0.25) is 9.78 Å². The van der Waals surface area contributed by atoms with E-state index in [1.54, 1.807) is 6.92 Å². The summed E-state index contributed by atoms with van der Waals surface area (Å²) in [6.45, 7) is 3.46. The van der Waals surface area contributed by atoms with Crippen LogP contribution in [0, 0.1) is 0 Å². The van der Waals surface area contributed by atoms with Gasteiger partial charge in [-0.15, -0.1) is 0 Å². The molecule has 1 aromatic carbocycles. The summed E-state index contributed by atoms with van der Waals surface area (Å²) < 4.78 is 0.997. The van der Waals surface area contributed by atoms with Crippen molar-refractivity contribution < 1.29 is 4.79 Å². The number of rotatable bonds is 3. The van der Waals surface area contributed by atoms with Crippen molar-refractivity contribution in [2.45, 2.75) is 26.3 Å². The number of benzene rings is 1. The molecule has 0 unspecified atom stereocenters. The van der Waals surface area contributed by atoms with Crippen LogP contribution in [-0.2, 0) is 13.0 Å². The molecular weight excluding hydrogens is 328 g/mol. The monoisotopic (exact) mass is 344 g/mol. The summed E-state index contributed by atoms with van der Waals surface area (Å²) in [4.78, 5) is 18.3. The molecule has 1 aliphatic rings. The molecule has 0 saturated heterocycles. The lowest BCUT2D eigenvalue weighted by Gasteiger charge is -2.31. The van der Waals surface area contributed by atoms with Crippen molar-refractivity contribution in [2.75, 3.05) is 11.4 Å². The lowest BCUT2D eigenvalue weighted by Crippen LogP contribution is -2.29. The number of halogens is 1. The fraction of sp³-hybridized carbons (Fsp3) is 0.294. The van der Waals surface area contributed by atoms with E-state index in [1.807, 2.05) is 30.5 Å². The molecule has 0 fully saturated rings. The van der Waals surface area contributed by atoms with Gasteiger partial charge in [-0.05, 0) is 71.6 Å². The van der Waals surface area contributed by atoms with Crippen molar-refractivity contribution >= 4 is 27.4 Å². The van der Waals surface area contributed by atoms with Gasteiger partial charge in [0.25, 0.3) is 0 Å². The lowest BCUT2D eigenvalue weighted by atomic mass is 9.98. The first-order valence-electron chi connectivity index (χ1n) is 7.13. The molecule has 4 heteroatoms. The van der Waals surface area contributed by atoms with Gasteiger partial charge in [0.15, 0.2) is 5.78 Å². The molecule has 3 nitrogen and oxygen atoms in total. The molecule has 0 aliphatic carbocycles. The van der Waals surface area contributed by atoms with Crippen molar-refractivity contribution in [3.05, 3.63) is 57.8 Å². The largest absolute Gasteiger partial charge is 0.365 e. The third-order valence-corrected chi connectivity index (χ3v) is 4.31. The van der Waals surface area contributed by atoms with Crippen molar-refractivity contribution in [3.63, 3.8) is 0 Å². The Bertz CT molecular complexity index is 667. The molecule has 0 amide bonds. The van der Waals surface area contributed by atoms with Gasteiger partial charge in [0.2, 0.25) is 0 Å². The maximum atomic E-state index is 11.5. The van der Waals surface area contributed by atoms with Crippen LogP contribution in [0.2, 0.25) is 0 Å². The average Bonchev–Trinajstić information content (AvgIpc) is 2.49. The highest BCUT2D eigenvalue weighted by atomic mass is 79.9. The quantitative estimate of drug-likeness (QED) is 0.789. The predicted molar refractivity (Wildman–Crippen MR) is 87.8 cm³/mol. The first-order chi connectivity index (χ1) is 10.1. The van der Waals surface area contributed by atoms with Crippen molar-refractivity contribution in [3.8, 4) is 0 Å². The van der Waals surface area contributed by atoms with Crippen LogP contribution in [0.25, 0.3) is 0 Å². The number of anilines is 1. The van der Waals surface area contributed by atoms with E-state index in [1.165, 1.54) is 11.3 Å². The molecular formula is C17H17BrN2O. The number of Topliss-reactive ketones (excluding diaryl/α,β-unsaturated/α-hetero) is 1. The summed E-state index contributed by atoms with van der Waals surface area (Å²) in [5.41, 5.74) is 4.36.